The molecule has 0 spiro atoms. The van der Waals surface area contributed by atoms with E-state index in [1.807, 2.05) is 0 Å². The van der Waals surface area contributed by atoms with Crippen molar-refractivity contribution in [3.8, 4) is 0 Å². The summed E-state index contributed by atoms with van der Waals surface area (Å²) in [6.45, 7) is 3.07. The van der Waals surface area contributed by atoms with Gasteiger partial charge in [-0.1, -0.05) is 5.16 Å². The lowest BCUT2D eigenvalue weighted by Crippen LogP contribution is -2.35. The van der Waals surface area contributed by atoms with Gasteiger partial charge in [-0.3, -0.25) is 9.48 Å². The molecule has 1 saturated carbocycles. The van der Waals surface area contributed by atoms with E-state index in [-0.39, 0.29) is 5.91 Å². The highest BCUT2D eigenvalue weighted by Gasteiger charge is 2.30. The van der Waals surface area contributed by atoms with Crippen molar-refractivity contribution in [1.82, 2.24) is 19.9 Å². The monoisotopic (exact) mass is 347 g/mol. The lowest BCUT2D eigenvalue weighted by Gasteiger charge is -2.19. The Morgan fingerprint density at radius 3 is 2.88 bits per heavy atom. The molecule has 0 aliphatic heterocycles. The number of amides is 1. The molecule has 2 heterocycles. The highest BCUT2D eigenvalue weighted by molar-refractivity contribution is 5.90. The molecule has 9 heteroatoms. The van der Waals surface area contributed by atoms with E-state index in [1.54, 1.807) is 0 Å². The van der Waals surface area contributed by atoms with Crippen LogP contribution in [0.2, 0.25) is 0 Å². The Labute approximate surface area is 144 Å². The average Bonchev–Trinajstić information content (AvgIpc) is 3.10. The summed E-state index contributed by atoms with van der Waals surface area (Å²) in [6, 6.07) is 0. The van der Waals surface area contributed by atoms with E-state index in [9.17, 15) is 14.7 Å². The highest BCUT2D eigenvalue weighted by Crippen LogP contribution is 2.38. The lowest BCUT2D eigenvalue weighted by atomic mass is 10.1. The molecule has 0 radical (unpaired) electrons. The molecule has 2 aromatic heterocycles. The molecule has 1 fully saturated rings. The van der Waals surface area contributed by atoms with Crippen LogP contribution >= 0.6 is 0 Å². The SMILES string of the molecule is CC(C)(C(=O)O)n1cc(NC(=O)CCCc2nc(C3CC3)no2)cn1. The number of aryl methyl sites for hydroxylation is 1. The molecule has 0 aromatic carbocycles. The van der Waals surface area contributed by atoms with Crippen molar-refractivity contribution in [3.05, 3.63) is 24.1 Å². The molecular formula is C16H21N5O4. The molecule has 0 atom stereocenters. The van der Waals surface area contributed by atoms with Crippen molar-refractivity contribution in [2.24, 2.45) is 0 Å². The van der Waals surface area contributed by atoms with Crippen LogP contribution in [0.4, 0.5) is 5.69 Å². The van der Waals surface area contributed by atoms with Crippen LogP contribution in [0.3, 0.4) is 0 Å². The maximum Gasteiger partial charge on any atom is 0.331 e. The van der Waals surface area contributed by atoms with E-state index in [4.69, 9.17) is 4.52 Å². The highest BCUT2D eigenvalue weighted by atomic mass is 16.5. The Hall–Kier alpha value is -2.71. The second kappa shape index (κ2) is 6.66. The van der Waals surface area contributed by atoms with E-state index < -0.39 is 11.5 Å². The molecule has 2 aromatic rings. The van der Waals surface area contributed by atoms with Gasteiger partial charge in [0.25, 0.3) is 0 Å². The van der Waals surface area contributed by atoms with E-state index in [0.29, 0.717) is 36.8 Å². The zero-order chi connectivity index (χ0) is 18.0. The quantitative estimate of drug-likeness (QED) is 0.747. The lowest BCUT2D eigenvalue weighted by molar-refractivity contribution is -0.146. The number of carbonyl (C=O) groups is 2. The van der Waals surface area contributed by atoms with Gasteiger partial charge in [-0.05, 0) is 33.1 Å². The number of anilines is 1. The van der Waals surface area contributed by atoms with Crippen LogP contribution in [0.1, 0.15) is 57.2 Å². The Kier molecular flexibility index (Phi) is 4.56. The Morgan fingerprint density at radius 2 is 2.20 bits per heavy atom. The Bertz CT molecular complexity index is 775. The minimum Gasteiger partial charge on any atom is -0.479 e. The Balaban J connectivity index is 1.46. The molecule has 134 valence electrons. The van der Waals surface area contributed by atoms with Gasteiger partial charge >= 0.3 is 5.97 Å². The van der Waals surface area contributed by atoms with E-state index in [1.165, 1.54) is 30.9 Å². The number of aliphatic carboxylic acids is 1. The third-order valence-corrected chi connectivity index (χ3v) is 4.18. The minimum absolute atomic E-state index is 0.172. The van der Waals surface area contributed by atoms with Crippen molar-refractivity contribution in [2.75, 3.05) is 5.32 Å². The number of carbonyl (C=O) groups excluding carboxylic acids is 1. The van der Waals surface area contributed by atoms with E-state index >= 15 is 0 Å². The maximum atomic E-state index is 12.0. The third-order valence-electron chi connectivity index (χ3n) is 4.18. The predicted molar refractivity (Wildman–Crippen MR) is 87.0 cm³/mol. The summed E-state index contributed by atoms with van der Waals surface area (Å²) < 4.78 is 6.48. The fraction of sp³-hybridized carbons (Fsp3) is 0.562. The van der Waals surface area contributed by atoms with E-state index in [2.05, 4.69) is 20.6 Å². The van der Waals surface area contributed by atoms with Gasteiger partial charge in [0.05, 0.1) is 11.9 Å². The number of carboxylic acid groups (broad SMARTS) is 1. The predicted octanol–water partition coefficient (Wildman–Crippen LogP) is 1.92. The largest absolute Gasteiger partial charge is 0.479 e. The number of carboxylic acids is 1. The number of hydrogen-bond acceptors (Lipinski definition) is 6. The first kappa shape index (κ1) is 17.1. The van der Waals surface area contributed by atoms with Crippen LogP contribution in [0.15, 0.2) is 16.9 Å². The number of hydrogen-bond donors (Lipinski definition) is 2. The van der Waals surface area contributed by atoms with Gasteiger partial charge in [-0.25, -0.2) is 4.79 Å². The van der Waals surface area contributed by atoms with Gasteiger partial charge in [0.1, 0.15) is 0 Å². The zero-order valence-electron chi connectivity index (χ0n) is 14.2. The fourth-order valence-corrected chi connectivity index (χ4v) is 2.29. The van der Waals surface area contributed by atoms with Crippen LogP contribution in [-0.2, 0) is 21.5 Å². The molecule has 2 N–H and O–H groups in total. The van der Waals surface area contributed by atoms with Gasteiger partial charge in [-0.2, -0.15) is 10.1 Å². The number of nitrogens with one attached hydrogen (secondary N) is 1. The third kappa shape index (κ3) is 4.04. The molecule has 1 aliphatic carbocycles. The summed E-state index contributed by atoms with van der Waals surface area (Å²) in [6.07, 6.45) is 6.62. The van der Waals surface area contributed by atoms with Gasteiger partial charge < -0.3 is 14.9 Å². The summed E-state index contributed by atoms with van der Waals surface area (Å²) in [5.74, 6) is 0.610. The number of rotatable bonds is 8. The summed E-state index contributed by atoms with van der Waals surface area (Å²) in [7, 11) is 0. The van der Waals surface area contributed by atoms with Gasteiger partial charge in [0.2, 0.25) is 11.8 Å². The topological polar surface area (TPSA) is 123 Å². The summed E-state index contributed by atoms with van der Waals surface area (Å²) >= 11 is 0. The molecule has 9 nitrogen and oxygen atoms in total. The van der Waals surface area contributed by atoms with Crippen LogP contribution in [0.5, 0.6) is 0 Å². The van der Waals surface area contributed by atoms with Crippen molar-refractivity contribution >= 4 is 17.6 Å². The molecule has 25 heavy (non-hydrogen) atoms. The van der Waals surface area contributed by atoms with Gasteiger partial charge in [0.15, 0.2) is 11.4 Å². The van der Waals surface area contributed by atoms with Crippen LogP contribution < -0.4 is 5.32 Å². The second-order valence-corrected chi connectivity index (χ2v) is 6.76. The normalized spacial score (nSPS) is 14.5. The first-order chi connectivity index (χ1) is 11.9. The summed E-state index contributed by atoms with van der Waals surface area (Å²) in [4.78, 5) is 27.5. The van der Waals surface area contributed by atoms with Crippen LogP contribution in [0.25, 0.3) is 0 Å². The molecule has 0 bridgehead atoms. The van der Waals surface area contributed by atoms with E-state index in [0.717, 1.165) is 18.7 Å². The van der Waals surface area contributed by atoms with Crippen molar-refractivity contribution < 1.29 is 19.2 Å². The van der Waals surface area contributed by atoms with Crippen LogP contribution in [0, 0.1) is 0 Å². The molecule has 0 unspecified atom stereocenters. The molecule has 1 aliphatic rings. The zero-order valence-corrected chi connectivity index (χ0v) is 14.2. The first-order valence-electron chi connectivity index (χ1n) is 8.27. The van der Waals surface area contributed by atoms with Gasteiger partial charge in [0, 0.05) is 25.0 Å². The minimum atomic E-state index is -1.18. The molecule has 3 rings (SSSR count). The molecular weight excluding hydrogens is 326 g/mol. The smallest absolute Gasteiger partial charge is 0.331 e. The fourth-order valence-electron chi connectivity index (χ4n) is 2.29. The van der Waals surface area contributed by atoms with Crippen LogP contribution in [-0.4, -0.2) is 36.9 Å². The number of nitrogens with zero attached hydrogens (tertiary/aromatic N) is 4. The van der Waals surface area contributed by atoms with Crippen molar-refractivity contribution in [2.45, 2.75) is 57.4 Å². The molecule has 1 amide bonds. The number of aromatic nitrogens is 4. The standard InChI is InChI=1S/C16H21N5O4/c1-16(2,15(23)24)21-9-11(8-17-21)18-12(22)4-3-5-13-19-14(20-25-13)10-6-7-10/h8-10H,3-7H2,1-2H3,(H,18,22)(H,23,24). The Morgan fingerprint density at radius 1 is 1.44 bits per heavy atom. The second-order valence-electron chi connectivity index (χ2n) is 6.76. The summed E-state index contributed by atoms with van der Waals surface area (Å²) in [5, 5.41) is 19.8. The maximum absolute atomic E-state index is 12.0. The summed E-state index contributed by atoms with van der Waals surface area (Å²) in [5.41, 5.74) is -0.714. The van der Waals surface area contributed by atoms with Crippen molar-refractivity contribution in [3.63, 3.8) is 0 Å². The average molecular weight is 347 g/mol. The molecule has 0 saturated heterocycles. The van der Waals surface area contributed by atoms with Crippen molar-refractivity contribution in [1.29, 1.82) is 0 Å². The first-order valence-corrected chi connectivity index (χ1v) is 8.27. The van der Waals surface area contributed by atoms with Gasteiger partial charge in [-0.15, -0.1) is 0 Å².